The van der Waals surface area contributed by atoms with Gasteiger partial charge in [0.25, 0.3) is 0 Å². The molecule has 0 aliphatic rings. The fourth-order valence-corrected chi connectivity index (χ4v) is 2.25. The van der Waals surface area contributed by atoms with E-state index in [4.69, 9.17) is 9.47 Å². The Hall–Kier alpha value is -3.79. The number of carbonyl (C=O) groups is 1. The monoisotopic (exact) mass is 349 g/mol. The lowest BCUT2D eigenvalue weighted by Gasteiger charge is -2.07. The first-order valence-corrected chi connectivity index (χ1v) is 7.78. The van der Waals surface area contributed by atoms with Crippen LogP contribution >= 0.6 is 0 Å². The highest BCUT2D eigenvalue weighted by Gasteiger charge is 2.15. The van der Waals surface area contributed by atoms with Crippen LogP contribution in [0.5, 0.6) is 5.75 Å². The van der Waals surface area contributed by atoms with Crippen molar-refractivity contribution in [2.24, 2.45) is 0 Å². The Kier molecular flexibility index (Phi) is 5.15. The van der Waals surface area contributed by atoms with Crippen LogP contribution in [-0.4, -0.2) is 34.3 Å². The Bertz CT molecular complexity index is 954. The second-order valence-electron chi connectivity index (χ2n) is 5.30. The number of nitrogens with zero attached hydrogens (tertiary/aromatic N) is 2. The number of hydrogen-bond donors (Lipinski definition) is 2. The number of carbonyl (C=O) groups excluding carboxylic acids is 1. The standard InChI is InChI=1S/C19H15N3O4/c20-10-14(19-21-15-8-4-5-9-16(15)22-19)17(23)11-26-18(24)12-25-13-6-2-1-3-7-13/h1-9,23H,11-12H2,(H,21,22)/b17-14+. The number of rotatable bonds is 6. The van der Waals surface area contributed by atoms with Gasteiger partial charge in [0.1, 0.15) is 24.0 Å². The third-order valence-corrected chi connectivity index (χ3v) is 3.50. The molecule has 26 heavy (non-hydrogen) atoms. The molecule has 0 radical (unpaired) electrons. The summed E-state index contributed by atoms with van der Waals surface area (Å²) in [5.74, 6) is -0.311. The van der Waals surface area contributed by atoms with Gasteiger partial charge in [0.15, 0.2) is 18.2 Å². The first kappa shape index (κ1) is 17.0. The van der Waals surface area contributed by atoms with Crippen LogP contribution in [-0.2, 0) is 9.53 Å². The van der Waals surface area contributed by atoms with E-state index in [0.29, 0.717) is 11.3 Å². The number of aliphatic hydroxyl groups excluding tert-OH is 1. The molecule has 0 fully saturated rings. The van der Waals surface area contributed by atoms with Crippen molar-refractivity contribution in [3.05, 3.63) is 66.2 Å². The molecule has 0 bridgehead atoms. The Morgan fingerprint density at radius 1 is 1.12 bits per heavy atom. The number of hydrogen-bond acceptors (Lipinski definition) is 6. The molecule has 0 saturated heterocycles. The van der Waals surface area contributed by atoms with Crippen LogP contribution in [0.4, 0.5) is 0 Å². The van der Waals surface area contributed by atoms with Gasteiger partial charge in [-0.3, -0.25) is 0 Å². The van der Waals surface area contributed by atoms with E-state index in [0.717, 1.165) is 5.52 Å². The van der Waals surface area contributed by atoms with Crippen molar-refractivity contribution in [3.63, 3.8) is 0 Å². The lowest BCUT2D eigenvalue weighted by molar-refractivity contribution is -0.145. The number of aliphatic hydroxyl groups is 1. The van der Waals surface area contributed by atoms with Gasteiger partial charge in [0.05, 0.1) is 11.0 Å². The minimum Gasteiger partial charge on any atom is -0.507 e. The van der Waals surface area contributed by atoms with Gasteiger partial charge in [-0.25, -0.2) is 9.78 Å². The molecule has 7 nitrogen and oxygen atoms in total. The Labute approximate surface area is 149 Å². The fraction of sp³-hybridized carbons (Fsp3) is 0.105. The normalized spacial score (nSPS) is 11.5. The first-order chi connectivity index (χ1) is 12.7. The summed E-state index contributed by atoms with van der Waals surface area (Å²) in [6, 6.07) is 17.9. The van der Waals surface area contributed by atoms with E-state index >= 15 is 0 Å². The van der Waals surface area contributed by atoms with Crippen molar-refractivity contribution in [2.45, 2.75) is 0 Å². The van der Waals surface area contributed by atoms with Gasteiger partial charge in [-0.2, -0.15) is 5.26 Å². The average molecular weight is 349 g/mol. The highest BCUT2D eigenvalue weighted by molar-refractivity contribution is 5.83. The predicted octanol–water partition coefficient (Wildman–Crippen LogP) is 2.98. The lowest BCUT2D eigenvalue weighted by atomic mass is 10.2. The Morgan fingerprint density at radius 2 is 1.85 bits per heavy atom. The molecule has 0 aliphatic carbocycles. The Morgan fingerprint density at radius 3 is 2.58 bits per heavy atom. The van der Waals surface area contributed by atoms with Crippen LogP contribution in [0, 0.1) is 11.3 Å². The highest BCUT2D eigenvalue weighted by Crippen LogP contribution is 2.18. The first-order valence-electron chi connectivity index (χ1n) is 7.78. The van der Waals surface area contributed by atoms with Crippen LogP contribution in [0.1, 0.15) is 5.82 Å². The summed E-state index contributed by atoms with van der Waals surface area (Å²) >= 11 is 0. The Balaban J connectivity index is 1.63. The number of aromatic nitrogens is 2. The van der Waals surface area contributed by atoms with Gasteiger partial charge < -0.3 is 19.6 Å². The number of imidazole rings is 1. The molecule has 0 spiro atoms. The van der Waals surface area contributed by atoms with E-state index in [1.807, 2.05) is 24.3 Å². The van der Waals surface area contributed by atoms with Crippen LogP contribution in [0.2, 0.25) is 0 Å². The fourth-order valence-electron chi connectivity index (χ4n) is 2.25. The van der Waals surface area contributed by atoms with Crippen LogP contribution in [0.15, 0.2) is 60.4 Å². The molecule has 2 N–H and O–H groups in total. The average Bonchev–Trinajstić information content (AvgIpc) is 3.09. The van der Waals surface area contributed by atoms with Gasteiger partial charge in [-0.15, -0.1) is 0 Å². The summed E-state index contributed by atoms with van der Waals surface area (Å²) in [6.07, 6.45) is 0. The van der Waals surface area contributed by atoms with E-state index in [1.165, 1.54) is 0 Å². The molecule has 130 valence electrons. The largest absolute Gasteiger partial charge is 0.507 e. The summed E-state index contributed by atoms with van der Waals surface area (Å²) in [5, 5.41) is 19.4. The van der Waals surface area contributed by atoms with Crippen LogP contribution in [0.3, 0.4) is 0 Å². The van der Waals surface area contributed by atoms with Gasteiger partial charge in [-0.05, 0) is 24.3 Å². The molecule has 0 unspecified atom stereocenters. The summed E-state index contributed by atoms with van der Waals surface area (Å²) in [7, 11) is 0. The van der Waals surface area contributed by atoms with E-state index < -0.39 is 12.6 Å². The minimum absolute atomic E-state index is 0.0852. The SMILES string of the molecule is N#C/C(=C(\O)COC(=O)COc1ccccc1)c1nc2ccccc2[nH]1. The number of benzene rings is 2. The molecule has 7 heteroatoms. The summed E-state index contributed by atoms with van der Waals surface area (Å²) in [6.45, 7) is -0.749. The topological polar surface area (TPSA) is 108 Å². The van der Waals surface area contributed by atoms with Gasteiger partial charge in [0, 0.05) is 0 Å². The summed E-state index contributed by atoms with van der Waals surface area (Å²) < 4.78 is 10.2. The number of nitriles is 1. The lowest BCUT2D eigenvalue weighted by Crippen LogP contribution is -2.16. The number of aromatic amines is 1. The number of para-hydroxylation sites is 3. The molecule has 1 heterocycles. The number of fused-ring (bicyclic) bond motifs is 1. The number of H-pyrrole nitrogens is 1. The molecule has 0 amide bonds. The van der Waals surface area contributed by atoms with Gasteiger partial charge in [-0.1, -0.05) is 30.3 Å². The summed E-state index contributed by atoms with van der Waals surface area (Å²) in [5.41, 5.74) is 1.31. The van der Waals surface area contributed by atoms with E-state index in [9.17, 15) is 15.2 Å². The second kappa shape index (κ2) is 7.85. The molecule has 3 aromatic rings. The molecule has 1 aromatic heterocycles. The molecule has 3 rings (SSSR count). The highest BCUT2D eigenvalue weighted by atomic mass is 16.6. The predicted molar refractivity (Wildman–Crippen MR) is 94.2 cm³/mol. The summed E-state index contributed by atoms with van der Waals surface area (Å²) in [4.78, 5) is 18.9. The third kappa shape index (κ3) is 3.99. The molecule has 0 aliphatic heterocycles. The van der Waals surface area contributed by atoms with Gasteiger partial charge in [0.2, 0.25) is 0 Å². The molecule has 0 atom stereocenters. The second-order valence-corrected chi connectivity index (χ2v) is 5.30. The van der Waals surface area contributed by atoms with E-state index in [-0.39, 0.29) is 23.8 Å². The number of nitrogens with one attached hydrogen (secondary N) is 1. The number of esters is 1. The molecule has 2 aromatic carbocycles. The zero-order valence-corrected chi connectivity index (χ0v) is 13.7. The van der Waals surface area contributed by atoms with E-state index in [2.05, 4.69) is 9.97 Å². The van der Waals surface area contributed by atoms with Crippen LogP contribution < -0.4 is 4.74 Å². The number of ether oxygens (including phenoxy) is 2. The molecular formula is C19H15N3O4. The maximum atomic E-state index is 11.7. The van der Waals surface area contributed by atoms with Crippen LogP contribution in [0.25, 0.3) is 16.6 Å². The van der Waals surface area contributed by atoms with Crippen molar-refractivity contribution >= 4 is 22.6 Å². The van der Waals surface area contributed by atoms with Crippen molar-refractivity contribution in [1.82, 2.24) is 9.97 Å². The zero-order valence-electron chi connectivity index (χ0n) is 13.7. The van der Waals surface area contributed by atoms with E-state index in [1.54, 1.807) is 36.4 Å². The maximum Gasteiger partial charge on any atom is 0.344 e. The number of allylic oxidation sites excluding steroid dienone is 1. The van der Waals surface area contributed by atoms with Crippen molar-refractivity contribution < 1.29 is 19.4 Å². The smallest absolute Gasteiger partial charge is 0.344 e. The van der Waals surface area contributed by atoms with Crippen molar-refractivity contribution in [1.29, 1.82) is 5.26 Å². The minimum atomic E-state index is -0.665. The van der Waals surface area contributed by atoms with Gasteiger partial charge >= 0.3 is 5.97 Å². The molecule has 0 saturated carbocycles. The third-order valence-electron chi connectivity index (χ3n) is 3.50. The van der Waals surface area contributed by atoms with Crippen molar-refractivity contribution in [2.75, 3.05) is 13.2 Å². The maximum absolute atomic E-state index is 11.7. The zero-order chi connectivity index (χ0) is 18.4. The van der Waals surface area contributed by atoms with Crippen molar-refractivity contribution in [3.8, 4) is 11.8 Å². The molecular weight excluding hydrogens is 334 g/mol. The quantitative estimate of drug-likeness (QED) is 0.402.